The zero-order valence-electron chi connectivity index (χ0n) is 8.31. The predicted octanol–water partition coefficient (Wildman–Crippen LogP) is 2.74. The molecule has 92 valence electrons. The summed E-state index contributed by atoms with van der Waals surface area (Å²) in [4.78, 5) is 10.8. The quantitative estimate of drug-likeness (QED) is 0.826. The van der Waals surface area contributed by atoms with Crippen molar-refractivity contribution in [3.63, 3.8) is 0 Å². The Balaban J connectivity index is 2.24. The van der Waals surface area contributed by atoms with Crippen LogP contribution in [0.25, 0.3) is 0 Å². The van der Waals surface area contributed by atoms with Crippen LogP contribution in [-0.2, 0) is 11.2 Å². The number of hydrogen-bond acceptors (Lipinski definition) is 3. The number of Topliss-reactive ketones (excluding diaryl/α,β-unsaturated/α-hetero) is 1. The Kier molecular flexibility index (Phi) is 2.91. The molecule has 1 heterocycles. The topological polar surface area (TPSA) is 35.5 Å². The Morgan fingerprint density at radius 2 is 2.06 bits per heavy atom. The number of ketones is 1. The molecular formula is C10H6ClF3O3. The summed E-state index contributed by atoms with van der Waals surface area (Å²) >= 11 is 5.77. The van der Waals surface area contributed by atoms with Crippen LogP contribution < -0.4 is 9.47 Å². The van der Waals surface area contributed by atoms with Gasteiger partial charge in [0.05, 0.1) is 5.02 Å². The van der Waals surface area contributed by atoms with Crippen LogP contribution in [0.15, 0.2) is 12.1 Å². The van der Waals surface area contributed by atoms with Gasteiger partial charge in [0.1, 0.15) is 0 Å². The van der Waals surface area contributed by atoms with Gasteiger partial charge in [-0.2, -0.15) is 13.2 Å². The number of halogens is 4. The Morgan fingerprint density at radius 1 is 1.35 bits per heavy atom. The van der Waals surface area contributed by atoms with Crippen molar-refractivity contribution < 1.29 is 27.4 Å². The zero-order valence-corrected chi connectivity index (χ0v) is 9.06. The molecule has 0 radical (unpaired) electrons. The van der Waals surface area contributed by atoms with Gasteiger partial charge < -0.3 is 9.47 Å². The number of alkyl halides is 3. The van der Waals surface area contributed by atoms with E-state index in [1.54, 1.807) is 0 Å². The summed E-state index contributed by atoms with van der Waals surface area (Å²) in [7, 11) is 0. The Labute approximate surface area is 99.1 Å². The fourth-order valence-corrected chi connectivity index (χ4v) is 1.70. The van der Waals surface area contributed by atoms with Crippen LogP contribution in [0.2, 0.25) is 5.02 Å². The molecule has 0 spiro atoms. The second-order valence-corrected chi connectivity index (χ2v) is 3.82. The highest BCUT2D eigenvalue weighted by Gasteiger charge is 2.38. The van der Waals surface area contributed by atoms with Crippen molar-refractivity contribution in [1.29, 1.82) is 0 Å². The highest BCUT2D eigenvalue weighted by molar-refractivity contribution is 6.32. The molecule has 0 bridgehead atoms. The first-order valence-electron chi connectivity index (χ1n) is 4.56. The highest BCUT2D eigenvalue weighted by atomic mass is 35.5. The summed E-state index contributed by atoms with van der Waals surface area (Å²) in [5, 5.41) is 0.130. The third-order valence-electron chi connectivity index (χ3n) is 2.17. The number of hydrogen-bond donors (Lipinski definition) is 0. The molecule has 1 aliphatic heterocycles. The maximum Gasteiger partial charge on any atom is 0.450 e. The van der Waals surface area contributed by atoms with E-state index >= 15 is 0 Å². The van der Waals surface area contributed by atoms with Gasteiger partial charge in [0.25, 0.3) is 0 Å². The van der Waals surface area contributed by atoms with Crippen LogP contribution in [-0.4, -0.2) is 18.8 Å². The van der Waals surface area contributed by atoms with Crippen molar-refractivity contribution in [1.82, 2.24) is 0 Å². The molecule has 0 amide bonds. The predicted molar refractivity (Wildman–Crippen MR) is 52.3 cm³/mol. The number of rotatable bonds is 2. The first kappa shape index (κ1) is 12.0. The molecule has 3 nitrogen and oxygen atoms in total. The maximum atomic E-state index is 12.1. The molecule has 0 aromatic heterocycles. The Hall–Kier alpha value is -1.43. The van der Waals surface area contributed by atoms with E-state index in [-0.39, 0.29) is 28.9 Å². The van der Waals surface area contributed by atoms with Gasteiger partial charge in [-0.1, -0.05) is 11.6 Å². The van der Waals surface area contributed by atoms with Crippen molar-refractivity contribution in [2.24, 2.45) is 0 Å². The lowest BCUT2D eigenvalue weighted by Crippen LogP contribution is -2.24. The molecule has 7 heteroatoms. The first-order valence-corrected chi connectivity index (χ1v) is 4.94. The van der Waals surface area contributed by atoms with E-state index in [2.05, 4.69) is 0 Å². The lowest BCUT2D eigenvalue weighted by Gasteiger charge is -2.06. The van der Waals surface area contributed by atoms with Gasteiger partial charge in [0.2, 0.25) is 12.6 Å². The molecule has 0 saturated carbocycles. The number of carbonyl (C=O) groups is 1. The van der Waals surface area contributed by atoms with Crippen molar-refractivity contribution in [2.75, 3.05) is 6.79 Å². The summed E-state index contributed by atoms with van der Waals surface area (Å²) in [6.07, 6.45) is -5.61. The molecular weight excluding hydrogens is 261 g/mol. The van der Waals surface area contributed by atoms with Gasteiger partial charge in [0.15, 0.2) is 11.5 Å². The van der Waals surface area contributed by atoms with Crippen LogP contribution in [0, 0.1) is 0 Å². The van der Waals surface area contributed by atoms with E-state index in [4.69, 9.17) is 21.1 Å². The van der Waals surface area contributed by atoms with Gasteiger partial charge in [0, 0.05) is 6.42 Å². The van der Waals surface area contributed by atoms with Crippen molar-refractivity contribution >= 4 is 17.4 Å². The minimum atomic E-state index is -4.84. The Bertz CT molecular complexity index is 471. The SMILES string of the molecule is O=C(Cc1cc(Cl)c2c(c1)OCO2)C(F)(F)F. The van der Waals surface area contributed by atoms with Gasteiger partial charge in [-0.3, -0.25) is 4.79 Å². The fourth-order valence-electron chi connectivity index (χ4n) is 1.41. The maximum absolute atomic E-state index is 12.1. The van der Waals surface area contributed by atoms with Crippen molar-refractivity contribution in [3.05, 3.63) is 22.7 Å². The minimum Gasteiger partial charge on any atom is -0.454 e. The fraction of sp³-hybridized carbons (Fsp3) is 0.300. The van der Waals surface area contributed by atoms with E-state index in [0.29, 0.717) is 0 Å². The lowest BCUT2D eigenvalue weighted by atomic mass is 10.1. The van der Waals surface area contributed by atoms with Crippen LogP contribution in [0.5, 0.6) is 11.5 Å². The highest BCUT2D eigenvalue weighted by Crippen LogP contribution is 2.40. The summed E-state index contributed by atoms with van der Waals surface area (Å²) in [5.41, 5.74) is 0.140. The summed E-state index contributed by atoms with van der Waals surface area (Å²) in [6, 6.07) is 2.58. The zero-order chi connectivity index (χ0) is 12.6. The van der Waals surface area contributed by atoms with Gasteiger partial charge in [-0.15, -0.1) is 0 Å². The number of benzene rings is 1. The molecule has 0 fully saturated rings. The van der Waals surface area contributed by atoms with E-state index < -0.39 is 18.4 Å². The normalized spacial score (nSPS) is 13.9. The molecule has 0 N–H and O–H groups in total. The molecule has 1 aromatic carbocycles. The second-order valence-electron chi connectivity index (χ2n) is 3.41. The minimum absolute atomic E-state index is 0.0360. The van der Waals surface area contributed by atoms with Crippen molar-refractivity contribution in [3.8, 4) is 11.5 Å². The summed E-state index contributed by atoms with van der Waals surface area (Å²) < 4.78 is 46.2. The van der Waals surface area contributed by atoms with E-state index in [0.717, 1.165) is 0 Å². The van der Waals surface area contributed by atoms with Gasteiger partial charge in [-0.05, 0) is 17.7 Å². The molecule has 1 aliphatic rings. The summed E-state index contributed by atoms with van der Waals surface area (Å²) in [5.74, 6) is -1.29. The molecule has 0 unspecified atom stereocenters. The second kappa shape index (κ2) is 4.10. The average Bonchev–Trinajstić information content (AvgIpc) is 2.64. The Morgan fingerprint density at radius 3 is 2.71 bits per heavy atom. The van der Waals surface area contributed by atoms with Gasteiger partial charge in [-0.25, -0.2) is 0 Å². The van der Waals surface area contributed by atoms with Gasteiger partial charge >= 0.3 is 6.18 Å². The third kappa shape index (κ3) is 2.46. The number of ether oxygens (including phenoxy) is 2. The first-order chi connectivity index (χ1) is 7.88. The number of carbonyl (C=O) groups excluding carboxylic acids is 1. The van der Waals surface area contributed by atoms with Crippen LogP contribution >= 0.6 is 11.6 Å². The standard InChI is InChI=1S/C10H6ClF3O3/c11-6-1-5(3-8(15)10(12,13)14)2-7-9(6)17-4-16-7/h1-2H,3-4H2. The smallest absolute Gasteiger partial charge is 0.450 e. The third-order valence-corrected chi connectivity index (χ3v) is 2.45. The molecule has 1 aromatic rings. The number of fused-ring (bicyclic) bond motifs is 1. The molecule has 17 heavy (non-hydrogen) atoms. The molecule has 0 aliphatic carbocycles. The average molecular weight is 267 g/mol. The monoisotopic (exact) mass is 266 g/mol. The van der Waals surface area contributed by atoms with E-state index in [9.17, 15) is 18.0 Å². The lowest BCUT2D eigenvalue weighted by molar-refractivity contribution is -0.170. The van der Waals surface area contributed by atoms with E-state index in [1.807, 2.05) is 0 Å². The van der Waals surface area contributed by atoms with Crippen LogP contribution in [0.4, 0.5) is 13.2 Å². The van der Waals surface area contributed by atoms with Crippen LogP contribution in [0.3, 0.4) is 0 Å². The summed E-state index contributed by atoms with van der Waals surface area (Å²) in [6.45, 7) is -0.0360. The van der Waals surface area contributed by atoms with Crippen molar-refractivity contribution in [2.45, 2.75) is 12.6 Å². The molecule has 0 atom stereocenters. The molecule has 2 rings (SSSR count). The largest absolute Gasteiger partial charge is 0.454 e. The van der Waals surface area contributed by atoms with Crippen LogP contribution in [0.1, 0.15) is 5.56 Å². The molecule has 0 saturated heterocycles. The van der Waals surface area contributed by atoms with E-state index in [1.165, 1.54) is 12.1 Å².